The zero-order valence-corrected chi connectivity index (χ0v) is 19.1. The topological polar surface area (TPSA) is 51.7 Å². The molecule has 1 unspecified atom stereocenters. The van der Waals surface area contributed by atoms with Crippen LogP contribution in [0.4, 0.5) is 0 Å². The molecule has 1 fully saturated rings. The molecule has 0 N–H and O–H groups in total. The molecule has 1 atom stereocenters. The molecule has 154 valence electrons. The van der Waals surface area contributed by atoms with Crippen LogP contribution < -0.4 is 9.47 Å². The van der Waals surface area contributed by atoms with Crippen molar-refractivity contribution in [3.63, 3.8) is 0 Å². The molecule has 2 aromatic carbocycles. The van der Waals surface area contributed by atoms with Gasteiger partial charge >= 0.3 is 0 Å². The van der Waals surface area contributed by atoms with Crippen molar-refractivity contribution in [1.29, 1.82) is 0 Å². The van der Waals surface area contributed by atoms with Crippen molar-refractivity contribution >= 4 is 33.6 Å². The number of halogens is 1. The van der Waals surface area contributed by atoms with Gasteiger partial charge in [-0.25, -0.2) is 0 Å². The number of pyridine rings is 1. The van der Waals surface area contributed by atoms with Crippen LogP contribution in [0.3, 0.4) is 0 Å². The maximum Gasteiger partial charge on any atom is 0.234 e. The standard InChI is InChI=1S/C23H21BrN2O3S/c1-28-18-7-8-21(29-2)16(11-18)13-26-22(27)14-30-23(26)20-12-25-10-9-19(20)15-3-5-17(24)6-4-15/h3-12,23H,13-14H2,1-2H3. The van der Waals surface area contributed by atoms with Crippen LogP contribution >= 0.6 is 27.7 Å². The van der Waals surface area contributed by atoms with E-state index in [9.17, 15) is 4.79 Å². The molecule has 2 heterocycles. The highest BCUT2D eigenvalue weighted by Crippen LogP contribution is 2.44. The van der Waals surface area contributed by atoms with Crippen LogP contribution in [-0.2, 0) is 11.3 Å². The summed E-state index contributed by atoms with van der Waals surface area (Å²) in [6.45, 7) is 0.436. The highest BCUT2D eigenvalue weighted by molar-refractivity contribution is 9.10. The van der Waals surface area contributed by atoms with Gasteiger partial charge in [0.05, 0.1) is 26.5 Å². The van der Waals surface area contributed by atoms with Gasteiger partial charge in [-0.05, 0) is 47.5 Å². The molecule has 3 aromatic rings. The molecule has 0 spiro atoms. The number of ether oxygens (including phenoxy) is 2. The van der Waals surface area contributed by atoms with Crippen LogP contribution in [0.2, 0.25) is 0 Å². The Morgan fingerprint density at radius 2 is 1.93 bits per heavy atom. The number of carbonyl (C=O) groups excluding carboxylic acids is 1. The molecule has 0 radical (unpaired) electrons. The minimum Gasteiger partial charge on any atom is -0.497 e. The molecule has 1 amide bonds. The quantitative estimate of drug-likeness (QED) is 0.474. The monoisotopic (exact) mass is 484 g/mol. The third-order valence-electron chi connectivity index (χ3n) is 5.07. The molecular weight excluding hydrogens is 464 g/mol. The van der Waals surface area contributed by atoms with Gasteiger partial charge in [0.1, 0.15) is 16.9 Å². The van der Waals surface area contributed by atoms with Crippen molar-refractivity contribution in [2.45, 2.75) is 11.9 Å². The average Bonchev–Trinajstić information content (AvgIpc) is 3.14. The number of nitrogens with zero attached hydrogens (tertiary/aromatic N) is 2. The molecule has 1 aliphatic rings. The Bertz CT molecular complexity index is 1060. The Hall–Kier alpha value is -2.51. The van der Waals surface area contributed by atoms with E-state index in [1.807, 2.05) is 47.5 Å². The number of hydrogen-bond donors (Lipinski definition) is 0. The summed E-state index contributed by atoms with van der Waals surface area (Å²) in [4.78, 5) is 19.1. The van der Waals surface area contributed by atoms with E-state index in [1.54, 1.807) is 32.2 Å². The van der Waals surface area contributed by atoms with Crippen molar-refractivity contribution in [3.05, 3.63) is 76.5 Å². The number of benzene rings is 2. The summed E-state index contributed by atoms with van der Waals surface area (Å²) in [5.41, 5.74) is 4.10. The van der Waals surface area contributed by atoms with E-state index in [0.717, 1.165) is 38.2 Å². The first-order chi connectivity index (χ1) is 14.6. The Labute approximate surface area is 188 Å². The Morgan fingerprint density at radius 1 is 1.13 bits per heavy atom. The molecule has 1 aliphatic heterocycles. The summed E-state index contributed by atoms with van der Waals surface area (Å²) in [5, 5.41) is -0.124. The highest BCUT2D eigenvalue weighted by Gasteiger charge is 2.35. The Kier molecular flexibility index (Phi) is 6.29. The number of aromatic nitrogens is 1. The molecule has 4 rings (SSSR count). The lowest BCUT2D eigenvalue weighted by atomic mass is 10.0. The van der Waals surface area contributed by atoms with E-state index in [1.165, 1.54) is 0 Å². The smallest absolute Gasteiger partial charge is 0.234 e. The molecule has 30 heavy (non-hydrogen) atoms. The summed E-state index contributed by atoms with van der Waals surface area (Å²) in [7, 11) is 3.27. The number of carbonyl (C=O) groups is 1. The van der Waals surface area contributed by atoms with Crippen molar-refractivity contribution in [3.8, 4) is 22.6 Å². The minimum absolute atomic E-state index is 0.0977. The first kappa shape index (κ1) is 20.8. The van der Waals surface area contributed by atoms with Gasteiger partial charge in [-0.15, -0.1) is 11.8 Å². The molecule has 7 heteroatoms. The van der Waals surface area contributed by atoms with Gasteiger partial charge in [0.25, 0.3) is 0 Å². The molecular formula is C23H21BrN2O3S. The molecule has 0 saturated carbocycles. The Balaban J connectivity index is 1.71. The fraction of sp³-hybridized carbons (Fsp3) is 0.217. The lowest BCUT2D eigenvalue weighted by molar-refractivity contribution is -0.128. The van der Waals surface area contributed by atoms with Gasteiger partial charge in [0.15, 0.2) is 0 Å². The van der Waals surface area contributed by atoms with Crippen LogP contribution in [0.1, 0.15) is 16.5 Å². The predicted octanol–water partition coefficient (Wildman–Crippen LogP) is 5.30. The maximum atomic E-state index is 12.8. The minimum atomic E-state index is -0.124. The average molecular weight is 485 g/mol. The SMILES string of the molecule is COc1ccc(OC)c(CN2C(=O)CSC2c2cnccc2-c2ccc(Br)cc2)c1. The van der Waals surface area contributed by atoms with Gasteiger partial charge in [-0.3, -0.25) is 9.78 Å². The third kappa shape index (κ3) is 4.18. The second kappa shape index (κ2) is 9.10. The summed E-state index contributed by atoms with van der Waals surface area (Å²) in [6, 6.07) is 15.8. The van der Waals surface area contributed by atoms with Crippen LogP contribution in [-0.4, -0.2) is 35.8 Å². The molecule has 1 saturated heterocycles. The summed E-state index contributed by atoms with van der Waals surface area (Å²) in [6.07, 6.45) is 3.65. The van der Waals surface area contributed by atoms with E-state index >= 15 is 0 Å². The largest absolute Gasteiger partial charge is 0.497 e. The van der Waals surface area contributed by atoms with Gasteiger partial charge in [-0.1, -0.05) is 28.1 Å². The lowest BCUT2D eigenvalue weighted by Gasteiger charge is -2.26. The number of rotatable bonds is 6. The van der Waals surface area contributed by atoms with Crippen molar-refractivity contribution < 1.29 is 14.3 Å². The second-order valence-corrected chi connectivity index (χ2v) is 8.82. The van der Waals surface area contributed by atoms with E-state index < -0.39 is 0 Å². The Morgan fingerprint density at radius 3 is 2.67 bits per heavy atom. The van der Waals surface area contributed by atoms with Gasteiger partial charge in [0, 0.05) is 28.0 Å². The molecule has 0 bridgehead atoms. The van der Waals surface area contributed by atoms with Crippen molar-refractivity contribution in [1.82, 2.24) is 9.88 Å². The van der Waals surface area contributed by atoms with Gasteiger partial charge < -0.3 is 14.4 Å². The van der Waals surface area contributed by atoms with E-state index in [2.05, 4.69) is 33.0 Å². The van der Waals surface area contributed by atoms with E-state index in [0.29, 0.717) is 12.3 Å². The molecule has 0 aliphatic carbocycles. The van der Waals surface area contributed by atoms with Gasteiger partial charge in [0.2, 0.25) is 5.91 Å². The summed E-state index contributed by atoms with van der Waals surface area (Å²) in [5.74, 6) is 2.00. The zero-order valence-electron chi connectivity index (χ0n) is 16.7. The number of methoxy groups -OCH3 is 2. The van der Waals surface area contributed by atoms with Crippen LogP contribution in [0.15, 0.2) is 65.4 Å². The molecule has 1 aromatic heterocycles. The zero-order chi connectivity index (χ0) is 21.1. The summed E-state index contributed by atoms with van der Waals surface area (Å²) >= 11 is 5.11. The lowest BCUT2D eigenvalue weighted by Crippen LogP contribution is -2.28. The first-order valence-electron chi connectivity index (χ1n) is 9.42. The number of thioether (sulfide) groups is 1. The van der Waals surface area contributed by atoms with E-state index in [4.69, 9.17) is 9.47 Å². The maximum absolute atomic E-state index is 12.8. The normalized spacial score (nSPS) is 16.0. The fourth-order valence-electron chi connectivity index (χ4n) is 3.57. The highest BCUT2D eigenvalue weighted by atomic mass is 79.9. The third-order valence-corrected chi connectivity index (χ3v) is 6.84. The predicted molar refractivity (Wildman–Crippen MR) is 123 cm³/mol. The number of amides is 1. The van der Waals surface area contributed by atoms with Crippen molar-refractivity contribution in [2.75, 3.05) is 20.0 Å². The van der Waals surface area contributed by atoms with Crippen molar-refractivity contribution in [2.24, 2.45) is 0 Å². The first-order valence-corrected chi connectivity index (χ1v) is 11.3. The second-order valence-electron chi connectivity index (χ2n) is 6.83. The van der Waals surface area contributed by atoms with Crippen LogP contribution in [0.25, 0.3) is 11.1 Å². The summed E-state index contributed by atoms with van der Waals surface area (Å²) < 4.78 is 11.9. The van der Waals surface area contributed by atoms with Crippen LogP contribution in [0.5, 0.6) is 11.5 Å². The van der Waals surface area contributed by atoms with Crippen LogP contribution in [0, 0.1) is 0 Å². The fourth-order valence-corrected chi connectivity index (χ4v) is 5.04. The van der Waals surface area contributed by atoms with E-state index in [-0.39, 0.29) is 11.3 Å². The molecule has 5 nitrogen and oxygen atoms in total. The van der Waals surface area contributed by atoms with Gasteiger partial charge in [-0.2, -0.15) is 0 Å². The number of hydrogen-bond acceptors (Lipinski definition) is 5.